The summed E-state index contributed by atoms with van der Waals surface area (Å²) < 4.78 is 0. The van der Waals surface area contributed by atoms with Crippen LogP contribution in [0, 0.1) is 5.92 Å². The van der Waals surface area contributed by atoms with Crippen LogP contribution in [0.5, 0.6) is 0 Å². The van der Waals surface area contributed by atoms with E-state index in [-0.39, 0.29) is 17.7 Å². The van der Waals surface area contributed by atoms with Crippen LogP contribution in [0.25, 0.3) is 0 Å². The molecule has 3 heterocycles. The molecule has 0 radical (unpaired) electrons. The third-order valence-corrected chi connectivity index (χ3v) is 4.84. The maximum atomic E-state index is 12.3. The van der Waals surface area contributed by atoms with E-state index in [1.165, 1.54) is 0 Å². The molecule has 1 atom stereocenters. The minimum atomic E-state index is -0.244. The molecule has 3 rings (SSSR count). The van der Waals surface area contributed by atoms with Gasteiger partial charge in [-0.1, -0.05) is 6.07 Å². The summed E-state index contributed by atoms with van der Waals surface area (Å²) in [5.74, 6) is 0.687. The van der Waals surface area contributed by atoms with Crippen LogP contribution in [0.3, 0.4) is 0 Å². The van der Waals surface area contributed by atoms with Gasteiger partial charge in [-0.3, -0.25) is 9.59 Å². The Kier molecular flexibility index (Phi) is 4.99. The number of aromatic nitrogens is 1. The van der Waals surface area contributed by atoms with Crippen molar-refractivity contribution in [3.63, 3.8) is 0 Å². The topological polar surface area (TPSA) is 68.8 Å². The lowest BCUT2D eigenvalue weighted by Crippen LogP contribution is -2.45. The summed E-state index contributed by atoms with van der Waals surface area (Å²) in [5.41, 5.74) is 1.02. The first-order chi connectivity index (χ1) is 11.5. The maximum absolute atomic E-state index is 12.3. The number of likely N-dealkylation sites (tertiary alicyclic amines) is 1. The SMILES string of the molecule is CN1CCN(c2ncccc2CNC(=O)C2CC(=O)N(C)C2)CC1. The van der Waals surface area contributed by atoms with Gasteiger partial charge in [-0.15, -0.1) is 0 Å². The molecule has 2 saturated heterocycles. The molecule has 1 aromatic heterocycles. The number of pyridine rings is 1. The standard InChI is InChI=1S/C17H25N5O2/c1-20-6-8-22(9-7-20)16-13(4-3-5-18-16)11-19-17(24)14-10-15(23)21(2)12-14/h3-5,14H,6-12H2,1-2H3,(H,19,24). The minimum Gasteiger partial charge on any atom is -0.354 e. The molecule has 0 aliphatic carbocycles. The number of anilines is 1. The van der Waals surface area contributed by atoms with E-state index >= 15 is 0 Å². The van der Waals surface area contributed by atoms with Crippen molar-refractivity contribution in [3.05, 3.63) is 23.9 Å². The predicted molar refractivity (Wildman–Crippen MR) is 91.5 cm³/mol. The van der Waals surface area contributed by atoms with Gasteiger partial charge in [-0.05, 0) is 13.1 Å². The van der Waals surface area contributed by atoms with Crippen LogP contribution in [0.2, 0.25) is 0 Å². The van der Waals surface area contributed by atoms with Crippen LogP contribution in [0.1, 0.15) is 12.0 Å². The van der Waals surface area contributed by atoms with Gasteiger partial charge in [0.1, 0.15) is 5.82 Å². The highest BCUT2D eigenvalue weighted by Gasteiger charge is 2.32. The van der Waals surface area contributed by atoms with Crippen molar-refractivity contribution in [1.29, 1.82) is 0 Å². The fourth-order valence-corrected chi connectivity index (χ4v) is 3.24. The Morgan fingerprint density at radius 1 is 1.29 bits per heavy atom. The molecule has 2 fully saturated rings. The molecule has 0 spiro atoms. The summed E-state index contributed by atoms with van der Waals surface area (Å²) in [6.45, 7) is 4.86. The second-order valence-electron chi connectivity index (χ2n) is 6.67. The van der Waals surface area contributed by atoms with Crippen molar-refractivity contribution < 1.29 is 9.59 Å². The third kappa shape index (κ3) is 3.67. The molecule has 1 unspecified atom stereocenters. The maximum Gasteiger partial charge on any atom is 0.225 e. The van der Waals surface area contributed by atoms with E-state index in [9.17, 15) is 9.59 Å². The average Bonchev–Trinajstić information content (AvgIpc) is 2.93. The normalized spacial score (nSPS) is 22.1. The lowest BCUT2D eigenvalue weighted by molar-refractivity contribution is -0.128. The van der Waals surface area contributed by atoms with E-state index in [1.807, 2.05) is 12.1 Å². The second-order valence-corrected chi connectivity index (χ2v) is 6.67. The van der Waals surface area contributed by atoms with Crippen molar-refractivity contribution >= 4 is 17.6 Å². The number of amides is 2. The van der Waals surface area contributed by atoms with Crippen molar-refractivity contribution in [2.45, 2.75) is 13.0 Å². The van der Waals surface area contributed by atoms with E-state index in [1.54, 1.807) is 18.1 Å². The van der Waals surface area contributed by atoms with E-state index in [4.69, 9.17) is 0 Å². The summed E-state index contributed by atoms with van der Waals surface area (Å²) in [7, 11) is 3.86. The lowest BCUT2D eigenvalue weighted by Gasteiger charge is -2.34. The molecule has 2 aliphatic heterocycles. The highest BCUT2D eigenvalue weighted by atomic mass is 16.2. The fourth-order valence-electron chi connectivity index (χ4n) is 3.24. The Morgan fingerprint density at radius 3 is 2.71 bits per heavy atom. The summed E-state index contributed by atoms with van der Waals surface area (Å²) in [6.07, 6.45) is 2.10. The van der Waals surface area contributed by atoms with E-state index in [0.717, 1.165) is 37.6 Å². The number of carbonyl (C=O) groups excluding carboxylic acids is 2. The van der Waals surface area contributed by atoms with Crippen LogP contribution in [0.4, 0.5) is 5.82 Å². The molecule has 0 aromatic carbocycles. The van der Waals surface area contributed by atoms with Gasteiger partial charge in [0, 0.05) is 64.5 Å². The molecule has 7 nitrogen and oxygen atoms in total. The molecular weight excluding hydrogens is 306 g/mol. The zero-order valence-corrected chi connectivity index (χ0v) is 14.4. The van der Waals surface area contributed by atoms with Gasteiger partial charge in [0.15, 0.2) is 0 Å². The number of carbonyl (C=O) groups is 2. The monoisotopic (exact) mass is 331 g/mol. The van der Waals surface area contributed by atoms with Crippen LogP contribution < -0.4 is 10.2 Å². The van der Waals surface area contributed by atoms with Crippen molar-refractivity contribution in [2.75, 3.05) is 51.7 Å². The quantitative estimate of drug-likeness (QED) is 0.836. The summed E-state index contributed by atoms with van der Waals surface area (Å²) in [5, 5.41) is 2.98. The molecule has 2 amide bonds. The summed E-state index contributed by atoms with van der Waals surface area (Å²) >= 11 is 0. The number of rotatable bonds is 4. The van der Waals surface area contributed by atoms with Crippen LogP contribution in [0.15, 0.2) is 18.3 Å². The Labute approximate surface area is 142 Å². The van der Waals surface area contributed by atoms with Crippen LogP contribution in [-0.2, 0) is 16.1 Å². The zero-order valence-electron chi connectivity index (χ0n) is 14.4. The van der Waals surface area contributed by atoms with E-state index < -0.39 is 0 Å². The summed E-state index contributed by atoms with van der Waals surface area (Å²) in [6, 6.07) is 3.90. The first kappa shape index (κ1) is 16.7. The Hall–Kier alpha value is -2.15. The second kappa shape index (κ2) is 7.17. The lowest BCUT2D eigenvalue weighted by atomic mass is 10.1. The molecule has 7 heteroatoms. The molecule has 1 N–H and O–H groups in total. The molecule has 0 saturated carbocycles. The van der Waals surface area contributed by atoms with Crippen LogP contribution >= 0.6 is 0 Å². The third-order valence-electron chi connectivity index (χ3n) is 4.84. The molecule has 24 heavy (non-hydrogen) atoms. The van der Waals surface area contributed by atoms with Gasteiger partial charge < -0.3 is 20.0 Å². The number of hydrogen-bond acceptors (Lipinski definition) is 5. The van der Waals surface area contributed by atoms with E-state index in [2.05, 4.69) is 27.1 Å². The predicted octanol–water partition coefficient (Wildman–Crippen LogP) is -0.0721. The smallest absolute Gasteiger partial charge is 0.225 e. The van der Waals surface area contributed by atoms with Crippen molar-refractivity contribution in [3.8, 4) is 0 Å². The number of nitrogens with zero attached hydrogens (tertiary/aromatic N) is 4. The fraction of sp³-hybridized carbons (Fsp3) is 0.588. The van der Waals surface area contributed by atoms with Crippen LogP contribution in [-0.4, -0.2) is 73.4 Å². The molecule has 2 aliphatic rings. The zero-order chi connectivity index (χ0) is 17.1. The van der Waals surface area contributed by atoms with Gasteiger partial charge >= 0.3 is 0 Å². The van der Waals surface area contributed by atoms with Gasteiger partial charge in [0.2, 0.25) is 11.8 Å². The van der Waals surface area contributed by atoms with Gasteiger partial charge in [0.25, 0.3) is 0 Å². The molecular formula is C17H25N5O2. The van der Waals surface area contributed by atoms with Crippen molar-refractivity contribution in [1.82, 2.24) is 20.1 Å². The van der Waals surface area contributed by atoms with Gasteiger partial charge in [0.05, 0.1) is 5.92 Å². The number of nitrogens with one attached hydrogen (secondary N) is 1. The number of hydrogen-bond donors (Lipinski definition) is 1. The highest BCUT2D eigenvalue weighted by Crippen LogP contribution is 2.20. The Bertz CT molecular complexity index is 613. The van der Waals surface area contributed by atoms with Gasteiger partial charge in [-0.25, -0.2) is 4.98 Å². The Morgan fingerprint density at radius 2 is 2.04 bits per heavy atom. The van der Waals surface area contributed by atoms with Crippen molar-refractivity contribution in [2.24, 2.45) is 5.92 Å². The molecule has 0 bridgehead atoms. The first-order valence-corrected chi connectivity index (χ1v) is 8.43. The number of piperazine rings is 1. The largest absolute Gasteiger partial charge is 0.354 e. The highest BCUT2D eigenvalue weighted by molar-refractivity contribution is 5.89. The number of likely N-dealkylation sites (N-methyl/N-ethyl adjacent to an activating group) is 1. The van der Waals surface area contributed by atoms with E-state index in [0.29, 0.717) is 19.5 Å². The minimum absolute atomic E-state index is 0.0367. The molecule has 1 aromatic rings. The Balaban J connectivity index is 1.61. The summed E-state index contributed by atoms with van der Waals surface area (Å²) in [4.78, 5) is 34.6. The average molecular weight is 331 g/mol. The first-order valence-electron chi connectivity index (χ1n) is 8.43. The molecule has 130 valence electrons. The van der Waals surface area contributed by atoms with Gasteiger partial charge in [-0.2, -0.15) is 0 Å².